The van der Waals surface area contributed by atoms with E-state index in [-0.39, 0.29) is 0 Å². The largest absolute Gasteiger partial charge is 0.309 e. The molecule has 0 bridgehead atoms. The first kappa shape index (κ1) is 38.5. The molecule has 0 N–H and O–H groups in total. The zero-order valence-electron chi connectivity index (χ0n) is 37.3. The molecule has 1 aliphatic rings. The monoisotopic (exact) mass is 861 g/mol. The summed E-state index contributed by atoms with van der Waals surface area (Å²) in [5, 5.41) is 10.1. The van der Waals surface area contributed by atoms with Crippen LogP contribution in [0, 0.1) is 0 Å². The highest BCUT2D eigenvalue weighted by molar-refractivity contribution is 6.26. The van der Waals surface area contributed by atoms with Gasteiger partial charge in [-0.05, 0) is 154 Å². The van der Waals surface area contributed by atoms with Crippen LogP contribution < -0.4 is 0 Å². The molecule has 14 rings (SSSR count). The average Bonchev–Trinajstić information content (AvgIpc) is 3.90. The van der Waals surface area contributed by atoms with Gasteiger partial charge >= 0.3 is 0 Å². The molecule has 0 radical (unpaired) electrons. The van der Waals surface area contributed by atoms with Crippen molar-refractivity contribution in [2.45, 2.75) is 5.41 Å². The maximum absolute atomic E-state index is 2.54. The lowest BCUT2D eigenvalue weighted by molar-refractivity contribution is 0.769. The van der Waals surface area contributed by atoms with E-state index in [0.29, 0.717) is 0 Å². The van der Waals surface area contributed by atoms with E-state index >= 15 is 0 Å². The molecule has 13 aromatic rings. The fourth-order valence-corrected chi connectivity index (χ4v) is 11.8. The Morgan fingerprint density at radius 2 is 0.706 bits per heavy atom. The van der Waals surface area contributed by atoms with Crippen molar-refractivity contribution < 1.29 is 0 Å². The lowest BCUT2D eigenvalue weighted by Crippen LogP contribution is -2.28. The second kappa shape index (κ2) is 15.1. The molecule has 68 heavy (non-hydrogen) atoms. The predicted octanol–water partition coefficient (Wildman–Crippen LogP) is 17.6. The van der Waals surface area contributed by atoms with Crippen LogP contribution >= 0.6 is 0 Å². The molecule has 1 aliphatic carbocycles. The normalized spacial score (nSPS) is 12.8. The predicted molar refractivity (Wildman–Crippen MR) is 287 cm³/mol. The van der Waals surface area contributed by atoms with Crippen LogP contribution in [0.15, 0.2) is 261 Å². The zero-order valence-corrected chi connectivity index (χ0v) is 37.3. The Morgan fingerprint density at radius 1 is 0.235 bits per heavy atom. The van der Waals surface area contributed by atoms with E-state index < -0.39 is 5.41 Å². The number of hydrogen-bond acceptors (Lipinski definition) is 0. The molecule has 1 heterocycles. The lowest BCUT2D eigenvalue weighted by atomic mass is 9.67. The van der Waals surface area contributed by atoms with Crippen molar-refractivity contribution in [2.24, 2.45) is 0 Å². The van der Waals surface area contributed by atoms with Gasteiger partial charge in [-0.3, -0.25) is 0 Å². The summed E-state index contributed by atoms with van der Waals surface area (Å²) >= 11 is 0. The van der Waals surface area contributed by atoms with Gasteiger partial charge in [0, 0.05) is 16.5 Å². The van der Waals surface area contributed by atoms with Crippen LogP contribution in [-0.2, 0) is 5.41 Å². The average molecular weight is 862 g/mol. The molecule has 0 saturated heterocycles. The minimum Gasteiger partial charge on any atom is -0.309 e. The highest BCUT2D eigenvalue weighted by Gasteiger charge is 2.46. The van der Waals surface area contributed by atoms with Crippen molar-refractivity contribution in [1.29, 1.82) is 0 Å². The van der Waals surface area contributed by atoms with E-state index in [9.17, 15) is 0 Å². The van der Waals surface area contributed by atoms with Crippen LogP contribution in [0.5, 0.6) is 0 Å². The van der Waals surface area contributed by atoms with Crippen LogP contribution in [-0.4, -0.2) is 4.57 Å². The quantitative estimate of drug-likeness (QED) is 0.147. The van der Waals surface area contributed by atoms with E-state index in [0.717, 1.165) is 5.69 Å². The third-order valence-electron chi connectivity index (χ3n) is 14.8. The molecule has 0 spiro atoms. The molecule has 0 unspecified atom stereocenters. The van der Waals surface area contributed by atoms with Gasteiger partial charge in [0.15, 0.2) is 0 Å². The third-order valence-corrected chi connectivity index (χ3v) is 14.8. The molecular formula is C67H43N. The van der Waals surface area contributed by atoms with Crippen LogP contribution in [0.2, 0.25) is 0 Å². The van der Waals surface area contributed by atoms with Gasteiger partial charge in [0.1, 0.15) is 0 Å². The standard InChI is InChI=1S/C67H43N/c1-5-19-44(20-6-1)47-37-48(45-21-7-2-8-22-45)39-49(38-47)46-33-36-65-61(40-46)62-42-60-58-31-17-18-32-63(58)67(50-23-9-3-10-24-50,51-25-11-4-12-26-51)64(60)43-66(62)68(65)52-34-35-57-55-29-14-13-27-53(55)54-28-15-16-30-56(54)59(57)41-52/h1-43H. The van der Waals surface area contributed by atoms with Gasteiger partial charge in [-0.1, -0.05) is 206 Å². The number of rotatable bonds is 6. The lowest BCUT2D eigenvalue weighted by Gasteiger charge is -2.34. The van der Waals surface area contributed by atoms with Crippen LogP contribution in [0.3, 0.4) is 0 Å². The van der Waals surface area contributed by atoms with Crippen molar-refractivity contribution in [3.63, 3.8) is 0 Å². The molecule has 12 aromatic carbocycles. The van der Waals surface area contributed by atoms with Crippen molar-refractivity contribution >= 4 is 54.1 Å². The molecule has 0 atom stereocenters. The van der Waals surface area contributed by atoms with E-state index in [2.05, 4.69) is 265 Å². The molecule has 0 amide bonds. The highest BCUT2D eigenvalue weighted by Crippen LogP contribution is 2.57. The van der Waals surface area contributed by atoms with Gasteiger partial charge in [0.25, 0.3) is 0 Å². The van der Waals surface area contributed by atoms with Gasteiger partial charge in [-0.15, -0.1) is 0 Å². The van der Waals surface area contributed by atoms with Crippen LogP contribution in [0.4, 0.5) is 0 Å². The summed E-state index contributed by atoms with van der Waals surface area (Å²) in [7, 11) is 0. The maximum Gasteiger partial charge on any atom is 0.0714 e. The molecule has 0 aliphatic heterocycles. The Balaban J connectivity index is 1.09. The molecule has 1 nitrogen and oxygen atoms in total. The molecule has 0 saturated carbocycles. The molecule has 0 fully saturated rings. The number of aromatic nitrogens is 1. The minimum atomic E-state index is -0.528. The van der Waals surface area contributed by atoms with E-state index in [1.54, 1.807) is 0 Å². The summed E-state index contributed by atoms with van der Waals surface area (Å²) in [6.45, 7) is 0. The Labute approximate surface area is 395 Å². The van der Waals surface area contributed by atoms with Crippen LogP contribution in [0.1, 0.15) is 22.3 Å². The van der Waals surface area contributed by atoms with Gasteiger partial charge in [0.2, 0.25) is 0 Å². The van der Waals surface area contributed by atoms with Crippen molar-refractivity contribution in [3.8, 4) is 50.2 Å². The summed E-state index contributed by atoms with van der Waals surface area (Å²) in [4.78, 5) is 0. The molecule has 1 aromatic heterocycles. The number of nitrogens with zero attached hydrogens (tertiary/aromatic N) is 1. The van der Waals surface area contributed by atoms with Gasteiger partial charge in [-0.25, -0.2) is 0 Å². The Kier molecular flexibility index (Phi) is 8.57. The second-order valence-corrected chi connectivity index (χ2v) is 18.4. The molecule has 316 valence electrons. The summed E-state index contributed by atoms with van der Waals surface area (Å²) in [5.74, 6) is 0. The highest BCUT2D eigenvalue weighted by atomic mass is 15.0. The minimum absolute atomic E-state index is 0.528. The SMILES string of the molecule is c1ccc(-c2cc(-c3ccccc3)cc(-c3ccc4c(c3)c3cc5c(cc3n4-c3ccc4c6ccccc6c6ccccc6c4c3)C(c3ccccc3)(c3ccccc3)c3ccccc3-5)c2)cc1. The van der Waals surface area contributed by atoms with Crippen molar-refractivity contribution in [1.82, 2.24) is 4.57 Å². The molecular weight excluding hydrogens is 819 g/mol. The number of fused-ring (bicyclic) bond motifs is 12. The number of hydrogen-bond donors (Lipinski definition) is 0. The fraction of sp³-hybridized carbons (Fsp3) is 0.0149. The topological polar surface area (TPSA) is 4.93 Å². The second-order valence-electron chi connectivity index (χ2n) is 18.4. The summed E-state index contributed by atoms with van der Waals surface area (Å²) in [5.41, 5.74) is 17.9. The first-order chi connectivity index (χ1) is 33.7. The van der Waals surface area contributed by atoms with Crippen molar-refractivity contribution in [2.75, 3.05) is 0 Å². The first-order valence-electron chi connectivity index (χ1n) is 23.7. The Hall–Kier alpha value is -8.78. The third kappa shape index (κ3) is 5.69. The first-order valence-corrected chi connectivity index (χ1v) is 23.7. The smallest absolute Gasteiger partial charge is 0.0714 e. The Morgan fingerprint density at radius 3 is 1.29 bits per heavy atom. The maximum atomic E-state index is 2.54. The van der Waals surface area contributed by atoms with E-state index in [1.165, 1.54) is 121 Å². The molecule has 1 heteroatoms. The number of benzene rings is 12. The summed E-state index contributed by atoms with van der Waals surface area (Å²) < 4.78 is 2.54. The zero-order chi connectivity index (χ0) is 44.8. The Bertz CT molecular complexity index is 3980. The van der Waals surface area contributed by atoms with E-state index in [1.807, 2.05) is 0 Å². The summed E-state index contributed by atoms with van der Waals surface area (Å²) in [6, 6.07) is 97.1. The van der Waals surface area contributed by atoms with Gasteiger partial charge in [0.05, 0.1) is 16.4 Å². The van der Waals surface area contributed by atoms with Crippen molar-refractivity contribution in [3.05, 3.63) is 283 Å². The summed E-state index contributed by atoms with van der Waals surface area (Å²) in [6.07, 6.45) is 0. The fourth-order valence-electron chi connectivity index (χ4n) is 11.8. The van der Waals surface area contributed by atoms with E-state index in [4.69, 9.17) is 0 Å². The van der Waals surface area contributed by atoms with Crippen LogP contribution in [0.25, 0.3) is 104 Å². The van der Waals surface area contributed by atoms with Gasteiger partial charge < -0.3 is 4.57 Å². The van der Waals surface area contributed by atoms with Gasteiger partial charge in [-0.2, -0.15) is 0 Å².